The van der Waals surface area contributed by atoms with Gasteiger partial charge < -0.3 is 19.2 Å². The third kappa shape index (κ3) is 6.14. The Morgan fingerprint density at radius 2 is 1.54 bits per heavy atom. The van der Waals surface area contributed by atoms with E-state index in [1.807, 2.05) is 0 Å². The van der Waals surface area contributed by atoms with Gasteiger partial charge in [0.05, 0.1) is 6.61 Å². The molecule has 37 heavy (non-hydrogen) atoms. The second-order valence-corrected chi connectivity index (χ2v) is 10.0. The van der Waals surface area contributed by atoms with Gasteiger partial charge in [-0.2, -0.15) is 0 Å². The molecule has 0 aromatic heterocycles. The third-order valence-corrected chi connectivity index (χ3v) is 7.58. The molecule has 2 heterocycles. The molecule has 2 aliphatic rings. The first-order valence-corrected chi connectivity index (χ1v) is 13.7. The molecule has 0 amide bonds. The number of ether oxygens (including phenoxy) is 2. The molecule has 2 aliphatic heterocycles. The molecule has 3 aromatic rings. The first kappa shape index (κ1) is 25.3. The van der Waals surface area contributed by atoms with Crippen molar-refractivity contribution in [2.45, 2.75) is 51.7 Å². The smallest absolute Gasteiger partial charge is 0.199 e. The fraction of sp³-hybridized carbons (Fsp3) is 0.364. The average Bonchev–Trinajstić information content (AvgIpc) is 2.98. The highest BCUT2D eigenvalue weighted by Crippen LogP contribution is 2.36. The van der Waals surface area contributed by atoms with E-state index in [0.29, 0.717) is 0 Å². The summed E-state index contributed by atoms with van der Waals surface area (Å²) < 4.78 is 11.9. The molecule has 192 valence electrons. The van der Waals surface area contributed by atoms with Gasteiger partial charge in [0.2, 0.25) is 0 Å². The minimum atomic E-state index is -0.144. The van der Waals surface area contributed by atoms with E-state index in [2.05, 4.69) is 90.7 Å². The number of anilines is 1. The van der Waals surface area contributed by atoms with Gasteiger partial charge in [-0.3, -0.25) is 0 Å². The number of aldehydes is 1. The van der Waals surface area contributed by atoms with Crippen molar-refractivity contribution in [3.8, 4) is 5.75 Å². The van der Waals surface area contributed by atoms with Crippen molar-refractivity contribution in [2.75, 3.05) is 24.6 Å². The largest absolute Gasteiger partial charge is 0.465 e. The minimum absolute atomic E-state index is 0.144. The Balaban J connectivity index is 1.45. The maximum atomic E-state index is 11.1. The lowest BCUT2D eigenvalue weighted by molar-refractivity contribution is -0.111. The van der Waals surface area contributed by atoms with Gasteiger partial charge in [0.25, 0.3) is 0 Å². The maximum Gasteiger partial charge on any atom is 0.199 e. The number of nitrogens with zero attached hydrogens (tertiary/aromatic N) is 1. The first-order chi connectivity index (χ1) is 18.2. The molecule has 4 nitrogen and oxygen atoms in total. The van der Waals surface area contributed by atoms with Gasteiger partial charge in [-0.05, 0) is 84.2 Å². The van der Waals surface area contributed by atoms with Gasteiger partial charge in [-0.1, -0.05) is 61.5 Å². The van der Waals surface area contributed by atoms with Gasteiger partial charge in [0.1, 0.15) is 12.0 Å². The van der Waals surface area contributed by atoms with Crippen LogP contribution in [-0.2, 0) is 9.53 Å². The lowest BCUT2D eigenvalue weighted by Gasteiger charge is -2.31. The summed E-state index contributed by atoms with van der Waals surface area (Å²) in [5.74, 6) is 1.06. The molecule has 2 saturated heterocycles. The maximum absolute atomic E-state index is 11.1. The zero-order chi connectivity index (χ0) is 25.5. The Kier molecular flexibility index (Phi) is 8.37. The van der Waals surface area contributed by atoms with Crippen LogP contribution in [0.2, 0.25) is 0 Å². The predicted octanol–water partition coefficient (Wildman–Crippen LogP) is 7.38. The third-order valence-electron chi connectivity index (χ3n) is 7.58. The predicted molar refractivity (Wildman–Crippen MR) is 151 cm³/mol. The van der Waals surface area contributed by atoms with Crippen molar-refractivity contribution in [1.29, 1.82) is 0 Å². The fourth-order valence-corrected chi connectivity index (χ4v) is 5.47. The zero-order valence-electron chi connectivity index (χ0n) is 21.8. The van der Waals surface area contributed by atoms with Crippen molar-refractivity contribution >= 4 is 23.1 Å². The number of hydrogen-bond acceptors (Lipinski definition) is 4. The van der Waals surface area contributed by atoms with Crippen molar-refractivity contribution in [3.63, 3.8) is 0 Å². The Bertz CT molecular complexity index is 1170. The van der Waals surface area contributed by atoms with Crippen LogP contribution in [0.4, 0.5) is 5.69 Å². The second kappa shape index (κ2) is 12.2. The van der Waals surface area contributed by atoms with Crippen LogP contribution in [0, 0.1) is 5.92 Å². The van der Waals surface area contributed by atoms with Crippen LogP contribution < -0.4 is 9.64 Å². The molecule has 3 aromatic carbocycles. The van der Waals surface area contributed by atoms with E-state index in [0.717, 1.165) is 70.3 Å². The van der Waals surface area contributed by atoms with Crippen LogP contribution in [0.25, 0.3) is 11.1 Å². The molecule has 0 N–H and O–H groups in total. The second-order valence-electron chi connectivity index (χ2n) is 10.0. The first-order valence-electron chi connectivity index (χ1n) is 13.7. The van der Waals surface area contributed by atoms with Gasteiger partial charge in [-0.15, -0.1) is 0 Å². The highest BCUT2D eigenvalue weighted by molar-refractivity contribution is 5.98. The highest BCUT2D eigenvalue weighted by atomic mass is 16.7. The number of piperidine rings is 1. The van der Waals surface area contributed by atoms with Gasteiger partial charge in [-0.25, -0.2) is 0 Å². The summed E-state index contributed by atoms with van der Waals surface area (Å²) in [6.45, 7) is 4.87. The van der Waals surface area contributed by atoms with E-state index in [-0.39, 0.29) is 12.2 Å². The van der Waals surface area contributed by atoms with Crippen LogP contribution >= 0.6 is 0 Å². The van der Waals surface area contributed by atoms with Crippen molar-refractivity contribution in [2.24, 2.45) is 5.92 Å². The molecular formula is C33H37NO3. The number of allylic oxidation sites excluding steroid dienone is 1. The average molecular weight is 496 g/mol. The molecule has 0 saturated carbocycles. The minimum Gasteiger partial charge on any atom is -0.465 e. The van der Waals surface area contributed by atoms with Gasteiger partial charge in [0.15, 0.2) is 6.29 Å². The van der Waals surface area contributed by atoms with Crippen LogP contribution in [0.1, 0.15) is 62.1 Å². The number of benzene rings is 3. The Morgan fingerprint density at radius 3 is 2.14 bits per heavy atom. The van der Waals surface area contributed by atoms with E-state index in [1.165, 1.54) is 33.5 Å². The van der Waals surface area contributed by atoms with Crippen molar-refractivity contribution in [3.05, 3.63) is 95.6 Å². The molecule has 1 unspecified atom stereocenters. The van der Waals surface area contributed by atoms with Crippen molar-refractivity contribution in [1.82, 2.24) is 0 Å². The van der Waals surface area contributed by atoms with E-state index in [4.69, 9.17) is 9.47 Å². The summed E-state index contributed by atoms with van der Waals surface area (Å²) in [6, 6.07) is 28.1. The SMILES string of the molecule is CC/C(=C(\c1ccc(OC2CCCCO2)cc1)c1ccc(N2CCC(C=O)CC2)cc1)c1ccccc1. The quantitative estimate of drug-likeness (QED) is 0.241. The Hall–Kier alpha value is -3.37. The monoisotopic (exact) mass is 495 g/mol. The van der Waals surface area contributed by atoms with Crippen LogP contribution in [0.5, 0.6) is 5.75 Å². The van der Waals surface area contributed by atoms with Crippen LogP contribution in [0.15, 0.2) is 78.9 Å². The van der Waals surface area contributed by atoms with Gasteiger partial charge in [0, 0.05) is 31.1 Å². The summed E-state index contributed by atoms with van der Waals surface area (Å²) in [5.41, 5.74) is 7.43. The summed E-state index contributed by atoms with van der Waals surface area (Å²) in [4.78, 5) is 13.5. The number of carbonyl (C=O) groups is 1. The molecule has 1 atom stereocenters. The summed E-state index contributed by atoms with van der Waals surface area (Å²) in [7, 11) is 0. The van der Waals surface area contributed by atoms with Crippen LogP contribution in [-0.4, -0.2) is 32.3 Å². The molecule has 2 fully saturated rings. The van der Waals surface area contributed by atoms with E-state index in [9.17, 15) is 4.79 Å². The summed E-state index contributed by atoms with van der Waals surface area (Å²) in [5, 5.41) is 0. The molecule has 0 spiro atoms. The Labute approximate surface area is 220 Å². The number of carbonyl (C=O) groups excluding carboxylic acids is 1. The Morgan fingerprint density at radius 1 is 0.865 bits per heavy atom. The highest BCUT2D eigenvalue weighted by Gasteiger charge is 2.20. The van der Waals surface area contributed by atoms with E-state index in [1.54, 1.807) is 0 Å². The fourth-order valence-electron chi connectivity index (χ4n) is 5.47. The van der Waals surface area contributed by atoms with Gasteiger partial charge >= 0.3 is 0 Å². The number of rotatable bonds is 8. The lowest BCUT2D eigenvalue weighted by atomic mass is 9.88. The lowest BCUT2D eigenvalue weighted by Crippen LogP contribution is -2.34. The topological polar surface area (TPSA) is 38.8 Å². The van der Waals surface area contributed by atoms with E-state index >= 15 is 0 Å². The molecular weight excluding hydrogens is 458 g/mol. The molecule has 0 bridgehead atoms. The van der Waals surface area contributed by atoms with Crippen molar-refractivity contribution < 1.29 is 14.3 Å². The normalized spacial score (nSPS) is 19.3. The summed E-state index contributed by atoms with van der Waals surface area (Å²) >= 11 is 0. The molecule has 0 radical (unpaired) electrons. The van der Waals surface area contributed by atoms with Crippen LogP contribution in [0.3, 0.4) is 0 Å². The molecule has 0 aliphatic carbocycles. The molecule has 5 rings (SSSR count). The summed E-state index contributed by atoms with van der Waals surface area (Å²) in [6.07, 6.45) is 6.98. The zero-order valence-corrected chi connectivity index (χ0v) is 21.8. The number of hydrogen-bond donors (Lipinski definition) is 0. The molecule has 4 heteroatoms. The van der Waals surface area contributed by atoms with E-state index < -0.39 is 0 Å². The standard InChI is InChI=1S/C33H37NO3/c1-2-31(26-8-4-3-5-9-26)33(28-13-17-30(18-14-28)37-32-10-6-7-23-36-32)27-11-15-29(16-12-27)34-21-19-25(24-35)20-22-34/h3-5,8-9,11-18,24-25,32H,2,6-7,10,19-23H2,1H3/b33-31+.